The van der Waals surface area contributed by atoms with Crippen LogP contribution >= 0.6 is 11.6 Å². The highest BCUT2D eigenvalue weighted by atomic mass is 35.5. The molecular formula is C23H21ClN4O2S. The molecule has 1 N–H and O–H groups in total. The van der Waals surface area contributed by atoms with Gasteiger partial charge in [-0.25, -0.2) is 18.1 Å². The van der Waals surface area contributed by atoms with Gasteiger partial charge in [0.1, 0.15) is 11.0 Å². The molecule has 1 saturated heterocycles. The Balaban J connectivity index is 1.64. The van der Waals surface area contributed by atoms with Gasteiger partial charge in [-0.2, -0.15) is 5.10 Å². The Morgan fingerprint density at radius 2 is 1.68 bits per heavy atom. The van der Waals surface area contributed by atoms with Crippen LogP contribution in [0, 0.1) is 6.92 Å². The average Bonchev–Trinajstić information content (AvgIpc) is 3.44. The van der Waals surface area contributed by atoms with Crippen molar-refractivity contribution in [2.24, 2.45) is 0 Å². The molecule has 158 valence electrons. The highest BCUT2D eigenvalue weighted by molar-refractivity contribution is 7.91. The Kier molecular flexibility index (Phi) is 4.95. The summed E-state index contributed by atoms with van der Waals surface area (Å²) in [6.07, 6.45) is 0.519. The van der Waals surface area contributed by atoms with Crippen LogP contribution in [0.5, 0.6) is 0 Å². The van der Waals surface area contributed by atoms with Crippen molar-refractivity contribution in [2.45, 2.75) is 19.4 Å². The molecule has 0 saturated carbocycles. The third kappa shape index (κ3) is 3.68. The molecule has 1 unspecified atom stereocenters. The number of benzene rings is 2. The van der Waals surface area contributed by atoms with Crippen molar-refractivity contribution in [1.29, 1.82) is 0 Å². The first kappa shape index (κ1) is 20.0. The molecule has 1 aliphatic rings. The Morgan fingerprint density at radius 1 is 1.03 bits per heavy atom. The Labute approximate surface area is 185 Å². The average molecular weight is 453 g/mol. The summed E-state index contributed by atoms with van der Waals surface area (Å²) in [5, 5.41) is 4.99. The summed E-state index contributed by atoms with van der Waals surface area (Å²) in [7, 11) is -3.05. The largest absolute Gasteiger partial charge is 0.337 e. The maximum atomic E-state index is 11.9. The van der Waals surface area contributed by atoms with Crippen LogP contribution in [0.15, 0.2) is 60.7 Å². The van der Waals surface area contributed by atoms with E-state index in [1.54, 1.807) is 4.68 Å². The number of rotatable bonds is 4. The number of H-pyrrole nitrogens is 1. The minimum Gasteiger partial charge on any atom is -0.337 e. The van der Waals surface area contributed by atoms with E-state index in [2.05, 4.69) is 10.1 Å². The number of aromatic amines is 1. The molecule has 0 spiro atoms. The standard InChI is InChI=1S/C23H21ClN4O2S/c1-15-19(22(24)28(27-15)18-12-13-31(29,30)14-18)23-25-20(16-8-4-2-5-9-16)21(26-23)17-10-6-3-7-11-17/h2-11,18H,12-14H2,1H3,(H,25,26). The monoisotopic (exact) mass is 452 g/mol. The quantitative estimate of drug-likeness (QED) is 0.476. The molecule has 31 heavy (non-hydrogen) atoms. The zero-order valence-corrected chi connectivity index (χ0v) is 18.5. The molecule has 0 radical (unpaired) electrons. The van der Waals surface area contributed by atoms with Crippen LogP contribution in [0.2, 0.25) is 5.15 Å². The van der Waals surface area contributed by atoms with Crippen molar-refractivity contribution >= 4 is 21.4 Å². The summed E-state index contributed by atoms with van der Waals surface area (Å²) in [6, 6.07) is 19.7. The summed E-state index contributed by atoms with van der Waals surface area (Å²) in [5.41, 5.74) is 5.14. The van der Waals surface area contributed by atoms with E-state index in [1.807, 2.05) is 67.6 Å². The number of nitrogens with one attached hydrogen (secondary N) is 1. The first-order valence-electron chi connectivity index (χ1n) is 10.1. The minimum absolute atomic E-state index is 0.0654. The van der Waals surface area contributed by atoms with Crippen molar-refractivity contribution in [3.8, 4) is 33.9 Å². The van der Waals surface area contributed by atoms with Crippen molar-refractivity contribution in [2.75, 3.05) is 11.5 Å². The number of nitrogens with zero attached hydrogens (tertiary/aromatic N) is 3. The maximum Gasteiger partial charge on any atom is 0.152 e. The van der Waals surface area contributed by atoms with Gasteiger partial charge in [-0.15, -0.1) is 0 Å². The maximum absolute atomic E-state index is 11.9. The van der Waals surface area contributed by atoms with Crippen molar-refractivity contribution in [3.05, 3.63) is 71.5 Å². The fraction of sp³-hybridized carbons (Fsp3) is 0.217. The highest BCUT2D eigenvalue weighted by Gasteiger charge is 2.33. The summed E-state index contributed by atoms with van der Waals surface area (Å²) in [5.74, 6) is 0.849. The molecule has 8 heteroatoms. The van der Waals surface area contributed by atoms with Gasteiger partial charge in [-0.1, -0.05) is 72.3 Å². The number of aryl methyl sites for hydroxylation is 1. The van der Waals surface area contributed by atoms with E-state index in [0.717, 1.165) is 22.5 Å². The van der Waals surface area contributed by atoms with Gasteiger partial charge in [0, 0.05) is 11.1 Å². The van der Waals surface area contributed by atoms with Crippen LogP contribution in [0.1, 0.15) is 18.2 Å². The van der Waals surface area contributed by atoms with Crippen LogP contribution in [0.25, 0.3) is 33.9 Å². The molecule has 1 atom stereocenters. The summed E-state index contributed by atoms with van der Waals surface area (Å²) < 4.78 is 25.5. The van der Waals surface area contributed by atoms with E-state index < -0.39 is 9.84 Å². The Bertz CT molecular complexity index is 1290. The lowest BCUT2D eigenvalue weighted by Crippen LogP contribution is -2.12. The van der Waals surface area contributed by atoms with Gasteiger partial charge in [0.2, 0.25) is 0 Å². The summed E-state index contributed by atoms with van der Waals surface area (Å²) in [6.45, 7) is 1.87. The second-order valence-electron chi connectivity index (χ2n) is 7.79. The number of hydrogen-bond acceptors (Lipinski definition) is 4. The second kappa shape index (κ2) is 7.66. The molecule has 5 rings (SSSR count). The van der Waals surface area contributed by atoms with Gasteiger partial charge in [0.05, 0.1) is 40.2 Å². The Hall–Kier alpha value is -2.90. The normalized spacial score (nSPS) is 17.8. The molecule has 0 amide bonds. The molecule has 2 aromatic carbocycles. The van der Waals surface area contributed by atoms with Crippen LogP contribution in [0.4, 0.5) is 0 Å². The topological polar surface area (TPSA) is 80.6 Å². The lowest BCUT2D eigenvalue weighted by molar-refractivity contribution is 0.498. The number of halogens is 1. The Morgan fingerprint density at radius 3 is 2.29 bits per heavy atom. The molecule has 2 aromatic heterocycles. The van der Waals surface area contributed by atoms with E-state index in [1.165, 1.54) is 0 Å². The van der Waals surface area contributed by atoms with Gasteiger partial charge >= 0.3 is 0 Å². The van der Waals surface area contributed by atoms with E-state index in [-0.39, 0.29) is 17.5 Å². The van der Waals surface area contributed by atoms with Crippen LogP contribution in [-0.4, -0.2) is 39.7 Å². The number of aromatic nitrogens is 4. The van der Waals surface area contributed by atoms with E-state index in [9.17, 15) is 8.42 Å². The van der Waals surface area contributed by atoms with E-state index in [0.29, 0.717) is 28.7 Å². The zero-order chi connectivity index (χ0) is 21.6. The smallest absolute Gasteiger partial charge is 0.152 e. The lowest BCUT2D eigenvalue weighted by Gasteiger charge is -2.09. The molecular weight excluding hydrogens is 432 g/mol. The SMILES string of the molecule is Cc1nn(C2CCS(=O)(=O)C2)c(Cl)c1-c1nc(-c2ccccc2)c(-c2ccccc2)[nH]1. The van der Waals surface area contributed by atoms with E-state index >= 15 is 0 Å². The fourth-order valence-corrected chi connectivity index (χ4v) is 6.20. The van der Waals surface area contributed by atoms with Gasteiger partial charge in [-0.3, -0.25) is 0 Å². The predicted molar refractivity (Wildman–Crippen MR) is 123 cm³/mol. The van der Waals surface area contributed by atoms with Gasteiger partial charge in [0.25, 0.3) is 0 Å². The lowest BCUT2D eigenvalue weighted by atomic mass is 10.1. The van der Waals surface area contributed by atoms with Gasteiger partial charge in [0.15, 0.2) is 9.84 Å². The molecule has 1 aliphatic heterocycles. The van der Waals surface area contributed by atoms with Crippen molar-refractivity contribution < 1.29 is 8.42 Å². The first-order valence-corrected chi connectivity index (χ1v) is 12.3. The highest BCUT2D eigenvalue weighted by Crippen LogP contribution is 2.38. The van der Waals surface area contributed by atoms with Gasteiger partial charge in [-0.05, 0) is 13.3 Å². The zero-order valence-electron chi connectivity index (χ0n) is 16.9. The number of sulfone groups is 1. The molecule has 3 heterocycles. The number of hydrogen-bond donors (Lipinski definition) is 1. The van der Waals surface area contributed by atoms with Crippen LogP contribution < -0.4 is 0 Å². The number of imidazole rings is 1. The molecule has 4 aromatic rings. The molecule has 0 bridgehead atoms. The summed E-state index contributed by atoms with van der Waals surface area (Å²) >= 11 is 6.74. The van der Waals surface area contributed by atoms with Crippen molar-refractivity contribution in [1.82, 2.24) is 19.7 Å². The third-order valence-corrected chi connectivity index (χ3v) is 7.74. The second-order valence-corrected chi connectivity index (χ2v) is 10.4. The first-order chi connectivity index (χ1) is 14.9. The van der Waals surface area contributed by atoms with E-state index in [4.69, 9.17) is 16.6 Å². The van der Waals surface area contributed by atoms with Crippen LogP contribution in [-0.2, 0) is 9.84 Å². The molecule has 0 aliphatic carbocycles. The summed E-state index contributed by atoms with van der Waals surface area (Å²) in [4.78, 5) is 8.35. The van der Waals surface area contributed by atoms with Crippen LogP contribution in [0.3, 0.4) is 0 Å². The predicted octanol–water partition coefficient (Wildman–Crippen LogP) is 4.93. The fourth-order valence-electron chi connectivity index (χ4n) is 4.11. The molecule has 1 fully saturated rings. The van der Waals surface area contributed by atoms with Gasteiger partial charge < -0.3 is 4.98 Å². The third-order valence-electron chi connectivity index (χ3n) is 5.63. The minimum atomic E-state index is -3.05. The molecule has 6 nitrogen and oxygen atoms in total. The van der Waals surface area contributed by atoms with Crippen molar-refractivity contribution in [3.63, 3.8) is 0 Å².